The standard InChI is InChI=1S/C21H14ClFN2O5S/c1-10(11-2-4-12(23)5-3-11)30-13-6-7-14(22)16(8-13)25-19(26)17-15(24-21(25)29)9-31-18(17)20(27)28/h2-10H,1H3,(H,24,29)(H,27,28). The molecule has 2 aromatic carbocycles. The number of halogens is 2. The molecule has 2 N–H and O–H groups in total. The normalized spacial score (nSPS) is 12.1. The fourth-order valence-electron chi connectivity index (χ4n) is 3.16. The Balaban J connectivity index is 1.80. The molecule has 4 aromatic rings. The van der Waals surface area contributed by atoms with Crippen LogP contribution in [-0.4, -0.2) is 20.6 Å². The number of carboxylic acids is 1. The van der Waals surface area contributed by atoms with Crippen LogP contribution in [0.1, 0.15) is 28.3 Å². The molecule has 0 saturated carbocycles. The summed E-state index contributed by atoms with van der Waals surface area (Å²) in [4.78, 5) is 39.4. The zero-order valence-corrected chi connectivity index (χ0v) is 17.5. The van der Waals surface area contributed by atoms with Crippen molar-refractivity contribution in [3.05, 3.63) is 90.0 Å². The number of aromatic amines is 1. The molecule has 31 heavy (non-hydrogen) atoms. The summed E-state index contributed by atoms with van der Waals surface area (Å²) in [5.41, 5.74) is -0.664. The minimum absolute atomic E-state index is 0.0427. The Bertz CT molecular complexity index is 1420. The van der Waals surface area contributed by atoms with Gasteiger partial charge in [-0.15, -0.1) is 11.3 Å². The van der Waals surface area contributed by atoms with E-state index in [4.69, 9.17) is 16.3 Å². The Kier molecular flexibility index (Phi) is 5.38. The summed E-state index contributed by atoms with van der Waals surface area (Å²) in [6.45, 7) is 1.76. The van der Waals surface area contributed by atoms with Gasteiger partial charge in [0.2, 0.25) is 0 Å². The summed E-state index contributed by atoms with van der Waals surface area (Å²) in [6, 6.07) is 10.3. The molecule has 0 aliphatic rings. The number of aromatic carboxylic acids is 1. The molecule has 1 atom stereocenters. The van der Waals surface area contributed by atoms with Gasteiger partial charge in [0, 0.05) is 11.4 Å². The van der Waals surface area contributed by atoms with Gasteiger partial charge < -0.3 is 14.8 Å². The largest absolute Gasteiger partial charge is 0.486 e. The molecule has 0 bridgehead atoms. The lowest BCUT2D eigenvalue weighted by molar-refractivity contribution is 0.0704. The van der Waals surface area contributed by atoms with Crippen molar-refractivity contribution < 1.29 is 19.0 Å². The Morgan fingerprint density at radius 1 is 1.23 bits per heavy atom. The fourth-order valence-corrected chi connectivity index (χ4v) is 4.19. The predicted molar refractivity (Wildman–Crippen MR) is 115 cm³/mol. The Hall–Kier alpha value is -3.43. The zero-order chi connectivity index (χ0) is 22.3. The van der Waals surface area contributed by atoms with E-state index in [0.29, 0.717) is 5.75 Å². The minimum atomic E-state index is -1.27. The minimum Gasteiger partial charge on any atom is -0.486 e. The third-order valence-corrected chi connectivity index (χ3v) is 5.95. The molecule has 10 heteroatoms. The van der Waals surface area contributed by atoms with Gasteiger partial charge in [0.1, 0.15) is 22.5 Å². The predicted octanol–water partition coefficient (Wildman–Crippen LogP) is 4.37. The number of aromatic nitrogens is 2. The van der Waals surface area contributed by atoms with Gasteiger partial charge in [-0.1, -0.05) is 23.7 Å². The van der Waals surface area contributed by atoms with Crippen LogP contribution < -0.4 is 16.0 Å². The smallest absolute Gasteiger partial charge is 0.346 e. The van der Waals surface area contributed by atoms with E-state index in [9.17, 15) is 23.9 Å². The molecule has 0 fully saturated rings. The van der Waals surface area contributed by atoms with Crippen molar-refractivity contribution in [1.29, 1.82) is 0 Å². The number of hydrogen-bond acceptors (Lipinski definition) is 5. The van der Waals surface area contributed by atoms with Crippen molar-refractivity contribution in [2.24, 2.45) is 0 Å². The summed E-state index contributed by atoms with van der Waals surface area (Å²) in [7, 11) is 0. The second kappa shape index (κ2) is 8.01. The summed E-state index contributed by atoms with van der Waals surface area (Å²) in [5.74, 6) is -1.33. The fraction of sp³-hybridized carbons (Fsp3) is 0.0952. The lowest BCUT2D eigenvalue weighted by atomic mass is 10.1. The number of benzene rings is 2. The van der Waals surface area contributed by atoms with Crippen LogP contribution in [-0.2, 0) is 0 Å². The van der Waals surface area contributed by atoms with E-state index in [-0.39, 0.29) is 32.3 Å². The first kappa shape index (κ1) is 20.8. The van der Waals surface area contributed by atoms with Gasteiger partial charge in [-0.2, -0.15) is 0 Å². The van der Waals surface area contributed by atoms with E-state index < -0.39 is 23.3 Å². The van der Waals surface area contributed by atoms with Crippen LogP contribution in [0.25, 0.3) is 16.6 Å². The van der Waals surface area contributed by atoms with Gasteiger partial charge in [0.05, 0.1) is 21.6 Å². The summed E-state index contributed by atoms with van der Waals surface area (Å²) in [5, 5.41) is 10.7. The monoisotopic (exact) mass is 460 g/mol. The first-order valence-electron chi connectivity index (χ1n) is 8.98. The first-order chi connectivity index (χ1) is 14.8. The van der Waals surface area contributed by atoms with Crippen LogP contribution in [0.15, 0.2) is 57.4 Å². The number of ether oxygens (including phenoxy) is 1. The van der Waals surface area contributed by atoms with Gasteiger partial charge in [-0.25, -0.2) is 18.5 Å². The van der Waals surface area contributed by atoms with Crippen molar-refractivity contribution in [2.75, 3.05) is 0 Å². The highest BCUT2D eigenvalue weighted by molar-refractivity contribution is 7.13. The lowest BCUT2D eigenvalue weighted by Crippen LogP contribution is -2.34. The third kappa shape index (κ3) is 3.85. The topological polar surface area (TPSA) is 101 Å². The lowest BCUT2D eigenvalue weighted by Gasteiger charge is -2.16. The van der Waals surface area contributed by atoms with E-state index in [1.807, 2.05) is 0 Å². The van der Waals surface area contributed by atoms with Gasteiger partial charge in [0.15, 0.2) is 0 Å². The van der Waals surface area contributed by atoms with Crippen molar-refractivity contribution in [3.63, 3.8) is 0 Å². The molecule has 0 spiro atoms. The Morgan fingerprint density at radius 2 is 1.94 bits per heavy atom. The molecule has 1 unspecified atom stereocenters. The number of rotatable bonds is 5. The van der Waals surface area contributed by atoms with Crippen LogP contribution in [0, 0.1) is 5.82 Å². The highest BCUT2D eigenvalue weighted by Crippen LogP contribution is 2.28. The Labute approximate surface area is 182 Å². The molecule has 0 aliphatic carbocycles. The third-order valence-electron chi connectivity index (χ3n) is 4.66. The zero-order valence-electron chi connectivity index (χ0n) is 15.9. The van der Waals surface area contributed by atoms with E-state index in [1.54, 1.807) is 25.1 Å². The number of hydrogen-bond donors (Lipinski definition) is 2. The first-order valence-corrected chi connectivity index (χ1v) is 10.2. The molecule has 0 radical (unpaired) electrons. The van der Waals surface area contributed by atoms with E-state index in [2.05, 4.69) is 4.98 Å². The van der Waals surface area contributed by atoms with Crippen molar-refractivity contribution in [2.45, 2.75) is 13.0 Å². The maximum atomic E-state index is 13.1. The van der Waals surface area contributed by atoms with Gasteiger partial charge in [-0.3, -0.25) is 4.79 Å². The number of H-pyrrole nitrogens is 1. The highest BCUT2D eigenvalue weighted by atomic mass is 35.5. The maximum Gasteiger partial charge on any atom is 0.346 e. The van der Waals surface area contributed by atoms with E-state index in [0.717, 1.165) is 21.5 Å². The number of thiophene rings is 1. The van der Waals surface area contributed by atoms with Crippen molar-refractivity contribution in [3.8, 4) is 11.4 Å². The molecule has 7 nitrogen and oxygen atoms in total. The van der Waals surface area contributed by atoms with Crippen LogP contribution in [0.5, 0.6) is 5.75 Å². The van der Waals surface area contributed by atoms with E-state index >= 15 is 0 Å². The molecule has 158 valence electrons. The highest BCUT2D eigenvalue weighted by Gasteiger charge is 2.20. The molecule has 0 saturated heterocycles. The van der Waals surface area contributed by atoms with Gasteiger partial charge in [-0.05, 0) is 36.8 Å². The number of nitrogens with zero attached hydrogens (tertiary/aromatic N) is 1. The molecule has 2 aromatic heterocycles. The SMILES string of the molecule is CC(Oc1ccc(Cl)c(-n2c(=O)[nH]c3csc(C(=O)O)c3c2=O)c1)c1ccc(F)cc1. The summed E-state index contributed by atoms with van der Waals surface area (Å²) in [6.07, 6.45) is -0.456. The van der Waals surface area contributed by atoms with E-state index in [1.165, 1.54) is 29.6 Å². The number of carboxylic acid groups (broad SMARTS) is 1. The molecule has 4 rings (SSSR count). The van der Waals surface area contributed by atoms with Crippen LogP contribution in [0.2, 0.25) is 5.02 Å². The average Bonchev–Trinajstić information content (AvgIpc) is 3.15. The van der Waals surface area contributed by atoms with Crippen LogP contribution in [0.4, 0.5) is 4.39 Å². The Morgan fingerprint density at radius 3 is 2.61 bits per heavy atom. The second-order valence-electron chi connectivity index (χ2n) is 6.65. The second-order valence-corrected chi connectivity index (χ2v) is 7.94. The maximum absolute atomic E-state index is 13.1. The number of nitrogens with one attached hydrogen (secondary N) is 1. The van der Waals surface area contributed by atoms with Crippen molar-refractivity contribution in [1.82, 2.24) is 9.55 Å². The van der Waals surface area contributed by atoms with Crippen LogP contribution in [0.3, 0.4) is 0 Å². The average molecular weight is 461 g/mol. The quantitative estimate of drug-likeness (QED) is 0.460. The van der Waals surface area contributed by atoms with Crippen molar-refractivity contribution >= 4 is 39.8 Å². The molecule has 2 heterocycles. The summed E-state index contributed by atoms with van der Waals surface area (Å²) >= 11 is 7.09. The molecule has 0 aliphatic heterocycles. The molecule has 0 amide bonds. The van der Waals surface area contributed by atoms with Gasteiger partial charge >= 0.3 is 11.7 Å². The number of fused-ring (bicyclic) bond motifs is 1. The molecular weight excluding hydrogens is 447 g/mol. The summed E-state index contributed by atoms with van der Waals surface area (Å²) < 4.78 is 19.8. The van der Waals surface area contributed by atoms with Crippen LogP contribution >= 0.6 is 22.9 Å². The number of carbonyl (C=O) groups is 1. The van der Waals surface area contributed by atoms with Gasteiger partial charge in [0.25, 0.3) is 5.56 Å². The molecular formula is C21H14ClFN2O5S.